The van der Waals surface area contributed by atoms with Crippen molar-refractivity contribution in [2.75, 3.05) is 18.0 Å². The van der Waals surface area contributed by atoms with Crippen molar-refractivity contribution in [3.63, 3.8) is 0 Å². The third kappa shape index (κ3) is 5.11. The molecule has 0 aliphatic heterocycles. The van der Waals surface area contributed by atoms with Crippen LogP contribution in [0.15, 0.2) is 45.5 Å². The number of fused-ring (bicyclic) bond motifs is 1. The molecular weight excluding hydrogens is 430 g/mol. The molecule has 0 bridgehead atoms. The van der Waals surface area contributed by atoms with E-state index in [-0.39, 0.29) is 5.69 Å². The van der Waals surface area contributed by atoms with Crippen LogP contribution in [-0.2, 0) is 9.37 Å². The van der Waals surface area contributed by atoms with Crippen molar-refractivity contribution in [3.8, 4) is 0 Å². The number of aromatic nitrogens is 1. The largest absolute Gasteiger partial charge is 0.595 e. The highest BCUT2D eigenvalue weighted by atomic mass is 32.2. The molecule has 10 nitrogen and oxygen atoms in total. The summed E-state index contributed by atoms with van der Waals surface area (Å²) in [6, 6.07) is 8.90. The number of azo groups is 1. The maximum Gasteiger partial charge on any atom is 0.231 e. The molecule has 0 saturated carbocycles. The summed E-state index contributed by atoms with van der Waals surface area (Å²) < 4.78 is 5.42. The van der Waals surface area contributed by atoms with Crippen LogP contribution < -0.4 is 10.1 Å². The maximum atomic E-state index is 11.3. The molecule has 0 radical (unpaired) electrons. The van der Waals surface area contributed by atoms with Crippen LogP contribution in [0, 0.1) is 12.1 Å². The van der Waals surface area contributed by atoms with Crippen molar-refractivity contribution in [2.45, 2.75) is 25.7 Å². The summed E-state index contributed by atoms with van der Waals surface area (Å²) in [6.45, 7) is 7.53. The molecule has 3 aromatic rings. The number of hydrogen-bond donors (Lipinski definition) is 3. The van der Waals surface area contributed by atoms with E-state index in [9.17, 15) is 10.4 Å². The van der Waals surface area contributed by atoms with Gasteiger partial charge in [0.15, 0.2) is 5.69 Å². The van der Waals surface area contributed by atoms with Gasteiger partial charge >= 0.3 is 0 Å². The van der Waals surface area contributed by atoms with Crippen molar-refractivity contribution in [3.05, 3.63) is 41.1 Å². The van der Waals surface area contributed by atoms with E-state index in [1.807, 2.05) is 12.1 Å². The molecule has 1 heterocycles. The molecule has 0 aliphatic carbocycles. The number of thiazole rings is 1. The van der Waals surface area contributed by atoms with Crippen LogP contribution in [-0.4, -0.2) is 28.5 Å². The summed E-state index contributed by atoms with van der Waals surface area (Å²) in [5, 5.41) is 40.7. The number of hydrogen-bond acceptors (Lipinski definition) is 11. The van der Waals surface area contributed by atoms with Crippen LogP contribution in [0.3, 0.4) is 0 Å². The molecule has 0 fully saturated rings. The SMILES string of the molecule is CCN(CC)c1ccc(N=Nc2nc3cc([NH+]([O-])O)c(C)cc3s2)c(SOOO)c1. The second kappa shape index (κ2) is 10.2. The molecule has 30 heavy (non-hydrogen) atoms. The topological polar surface area (TPSA) is 127 Å². The molecular formula is C18H21N5O5S2. The lowest BCUT2D eigenvalue weighted by atomic mass is 10.2. The zero-order valence-electron chi connectivity index (χ0n) is 16.5. The van der Waals surface area contributed by atoms with E-state index in [0.29, 0.717) is 26.8 Å². The van der Waals surface area contributed by atoms with Crippen LogP contribution in [0.5, 0.6) is 0 Å². The van der Waals surface area contributed by atoms with Gasteiger partial charge in [0.25, 0.3) is 0 Å². The average molecular weight is 452 g/mol. The number of nitrogens with one attached hydrogen (secondary N) is 1. The molecule has 160 valence electrons. The van der Waals surface area contributed by atoms with Gasteiger partial charge in [0, 0.05) is 30.4 Å². The third-order valence-electron chi connectivity index (χ3n) is 4.42. The fourth-order valence-corrected chi connectivity index (χ4v) is 4.26. The quantitative estimate of drug-likeness (QED) is 0.185. The summed E-state index contributed by atoms with van der Waals surface area (Å²) in [5.41, 5.74) is 2.91. The Kier molecular flexibility index (Phi) is 7.69. The van der Waals surface area contributed by atoms with Crippen LogP contribution in [0.1, 0.15) is 19.4 Å². The van der Waals surface area contributed by atoms with E-state index in [2.05, 4.69) is 43.3 Å². The highest BCUT2D eigenvalue weighted by molar-refractivity contribution is 7.94. The van der Waals surface area contributed by atoms with Gasteiger partial charge in [-0.3, -0.25) is 0 Å². The number of aryl methyl sites for hydroxylation is 1. The lowest BCUT2D eigenvalue weighted by Gasteiger charge is -2.21. The molecule has 0 aliphatic rings. The number of anilines is 1. The zero-order valence-corrected chi connectivity index (χ0v) is 18.2. The maximum absolute atomic E-state index is 11.3. The molecule has 2 aromatic carbocycles. The average Bonchev–Trinajstić information content (AvgIpc) is 3.13. The Hall–Kier alpha value is -2.16. The first kappa shape index (κ1) is 22.5. The first-order chi connectivity index (χ1) is 14.5. The number of benzene rings is 2. The minimum absolute atomic E-state index is 0.211. The molecule has 0 saturated heterocycles. The fraction of sp³-hybridized carbons (Fsp3) is 0.278. The van der Waals surface area contributed by atoms with Gasteiger partial charge < -0.3 is 10.1 Å². The van der Waals surface area contributed by atoms with E-state index in [1.54, 1.807) is 19.1 Å². The van der Waals surface area contributed by atoms with Gasteiger partial charge in [-0.15, -0.1) is 14.6 Å². The molecule has 1 atom stereocenters. The first-order valence-electron chi connectivity index (χ1n) is 9.06. The highest BCUT2D eigenvalue weighted by Gasteiger charge is 2.13. The van der Waals surface area contributed by atoms with Gasteiger partial charge in [-0.05, 0) is 45.0 Å². The predicted molar refractivity (Wildman–Crippen MR) is 115 cm³/mol. The normalized spacial score (nSPS) is 12.7. The van der Waals surface area contributed by atoms with Crippen molar-refractivity contribution in [1.82, 2.24) is 4.98 Å². The van der Waals surface area contributed by atoms with Gasteiger partial charge in [-0.2, -0.15) is 5.23 Å². The summed E-state index contributed by atoms with van der Waals surface area (Å²) in [7, 11) is 0. The molecule has 1 aromatic heterocycles. The number of quaternary nitrogens is 1. The summed E-state index contributed by atoms with van der Waals surface area (Å²) >= 11 is 2.13. The lowest BCUT2D eigenvalue weighted by molar-refractivity contribution is -0.991. The minimum Gasteiger partial charge on any atom is -0.595 e. The summed E-state index contributed by atoms with van der Waals surface area (Å²) in [5.74, 6) is 0. The second-order valence-electron chi connectivity index (χ2n) is 6.19. The standard InChI is InChI=1S/C18H21N5O5S2/c1-4-22(5-2)12-6-7-13(17(9-12)30-28-27-26)20-21-18-19-14-10-15(23(24)25)11(3)8-16(14)29-18/h6-10,23-24,26H,4-5H2,1-3H3. The van der Waals surface area contributed by atoms with E-state index >= 15 is 0 Å². The smallest absolute Gasteiger partial charge is 0.231 e. The molecule has 0 amide bonds. The Morgan fingerprint density at radius 1 is 1.23 bits per heavy atom. The number of rotatable bonds is 9. The second-order valence-corrected chi connectivity index (χ2v) is 7.94. The number of nitrogens with zero attached hydrogens (tertiary/aromatic N) is 4. The van der Waals surface area contributed by atoms with Crippen molar-refractivity contribution in [2.24, 2.45) is 10.2 Å². The Morgan fingerprint density at radius 2 is 2.00 bits per heavy atom. The Bertz CT molecular complexity index is 1040. The van der Waals surface area contributed by atoms with E-state index in [1.165, 1.54) is 17.4 Å². The minimum atomic E-state index is -0.994. The first-order valence-corrected chi connectivity index (χ1v) is 10.6. The van der Waals surface area contributed by atoms with Crippen LogP contribution >= 0.6 is 23.4 Å². The molecule has 1 unspecified atom stereocenters. The van der Waals surface area contributed by atoms with Crippen LogP contribution in [0.4, 0.5) is 22.2 Å². The lowest BCUT2D eigenvalue weighted by Crippen LogP contribution is -2.99. The van der Waals surface area contributed by atoms with E-state index < -0.39 is 5.23 Å². The zero-order chi connectivity index (χ0) is 21.7. The summed E-state index contributed by atoms with van der Waals surface area (Å²) in [6.07, 6.45) is 0. The predicted octanol–water partition coefficient (Wildman–Crippen LogP) is 4.70. The van der Waals surface area contributed by atoms with Gasteiger partial charge in [-0.25, -0.2) is 15.4 Å². The van der Waals surface area contributed by atoms with Crippen molar-refractivity contribution < 1.29 is 25.1 Å². The van der Waals surface area contributed by atoms with Crippen molar-refractivity contribution >= 4 is 55.8 Å². The molecule has 3 rings (SSSR count). The third-order valence-corrected chi connectivity index (χ3v) is 5.96. The molecule has 0 spiro atoms. The fourth-order valence-electron chi connectivity index (χ4n) is 2.92. The van der Waals surface area contributed by atoms with Gasteiger partial charge in [0.2, 0.25) is 5.13 Å². The Morgan fingerprint density at radius 3 is 2.67 bits per heavy atom. The Labute approximate surface area is 181 Å². The van der Waals surface area contributed by atoms with Crippen LogP contribution in [0.25, 0.3) is 10.2 Å². The van der Waals surface area contributed by atoms with Gasteiger partial charge in [0.1, 0.15) is 5.69 Å². The Balaban J connectivity index is 1.92. The van der Waals surface area contributed by atoms with Gasteiger partial charge in [0.05, 0.1) is 27.2 Å². The monoisotopic (exact) mass is 451 g/mol. The van der Waals surface area contributed by atoms with Crippen LogP contribution in [0.2, 0.25) is 0 Å². The van der Waals surface area contributed by atoms with Crippen molar-refractivity contribution in [1.29, 1.82) is 0 Å². The molecule has 3 N–H and O–H groups in total. The van der Waals surface area contributed by atoms with E-state index in [0.717, 1.165) is 35.5 Å². The molecule has 12 heteroatoms. The summed E-state index contributed by atoms with van der Waals surface area (Å²) in [4.78, 5) is 7.11. The highest BCUT2D eigenvalue weighted by Crippen LogP contribution is 2.36. The van der Waals surface area contributed by atoms with E-state index in [4.69, 9.17) is 5.26 Å². The van der Waals surface area contributed by atoms with Gasteiger partial charge in [-0.1, -0.05) is 16.4 Å².